The van der Waals surface area contributed by atoms with Crippen LogP contribution < -0.4 is 0 Å². The van der Waals surface area contributed by atoms with Gasteiger partial charge in [-0.1, -0.05) is 86.5 Å². The maximum Gasteiger partial charge on any atom is 0.416 e. The minimum absolute atomic E-state index is 0.129. The van der Waals surface area contributed by atoms with E-state index in [4.69, 9.17) is 4.42 Å². The van der Waals surface area contributed by atoms with E-state index in [0.29, 0.717) is 44.7 Å². The Hall–Kier alpha value is -4.63. The van der Waals surface area contributed by atoms with Crippen molar-refractivity contribution in [2.24, 2.45) is 0 Å². The first-order valence-corrected chi connectivity index (χ1v) is 17.8. The molecular weight excluding hydrogens is 651 g/mol. The Morgan fingerprint density at radius 3 is 2.14 bits per heavy atom. The molecule has 0 unspecified atom stereocenters. The van der Waals surface area contributed by atoms with Crippen LogP contribution in [-0.2, 0) is 41.7 Å². The van der Waals surface area contributed by atoms with Crippen LogP contribution in [0.25, 0.3) is 6.08 Å². The van der Waals surface area contributed by atoms with E-state index in [2.05, 4.69) is 30.0 Å². The van der Waals surface area contributed by atoms with Crippen molar-refractivity contribution >= 4 is 17.9 Å². The fraction of sp³-hybridized carbons (Fsp3) is 0.381. The molecule has 3 aromatic carbocycles. The molecule has 1 aliphatic rings. The lowest BCUT2D eigenvalue weighted by molar-refractivity contribution is -0.145. The summed E-state index contributed by atoms with van der Waals surface area (Å²) in [5, 5.41) is 0. The zero-order valence-corrected chi connectivity index (χ0v) is 29.8. The molecule has 9 heteroatoms. The molecule has 5 rings (SSSR count). The van der Waals surface area contributed by atoms with Crippen LogP contribution in [0.4, 0.5) is 13.2 Å². The average Bonchev–Trinajstić information content (AvgIpc) is 3.45. The molecule has 0 bridgehead atoms. The van der Waals surface area contributed by atoms with Gasteiger partial charge in [0.25, 0.3) is 0 Å². The number of furan rings is 1. The number of amides is 2. The van der Waals surface area contributed by atoms with Gasteiger partial charge in [-0.05, 0) is 78.8 Å². The number of benzene rings is 3. The number of piperazine rings is 1. The Bertz CT molecular complexity index is 1720. The molecule has 0 aliphatic carbocycles. The minimum Gasteiger partial charge on any atom is -0.465 e. The van der Waals surface area contributed by atoms with Gasteiger partial charge in [0.2, 0.25) is 11.8 Å². The molecule has 1 atom stereocenters. The van der Waals surface area contributed by atoms with E-state index in [1.807, 2.05) is 61.2 Å². The van der Waals surface area contributed by atoms with E-state index in [1.165, 1.54) is 29.8 Å². The van der Waals surface area contributed by atoms with Gasteiger partial charge in [0.15, 0.2) is 0 Å². The van der Waals surface area contributed by atoms with E-state index in [9.17, 15) is 22.8 Å². The van der Waals surface area contributed by atoms with Crippen LogP contribution in [0.3, 0.4) is 0 Å². The molecule has 270 valence electrons. The van der Waals surface area contributed by atoms with Gasteiger partial charge in [-0.2, -0.15) is 13.2 Å². The van der Waals surface area contributed by atoms with E-state index in [1.54, 1.807) is 4.90 Å². The molecule has 0 radical (unpaired) electrons. The standard InChI is InChI=1S/C42H48F3N3O3/c1-4-5-7-10-33-13-15-36(16-14-33)29-48(40(49)22-19-34-17-20-37(21-18-34)42(43,44)45)39(28-35-11-8-6-9-12-35)41(50)47-25-23-46(24-26-47)30-38-27-31(2)32(3)51-38/h6,8-9,11-22,27,39H,4-5,7,10,23-26,28-30H2,1-3H3/b22-19+/t39-/m0/s1. The summed E-state index contributed by atoms with van der Waals surface area (Å²) >= 11 is 0. The summed E-state index contributed by atoms with van der Waals surface area (Å²) in [6.07, 6.45) is 3.13. The topological polar surface area (TPSA) is 57.0 Å². The van der Waals surface area contributed by atoms with Crippen LogP contribution in [-0.4, -0.2) is 58.7 Å². The van der Waals surface area contributed by atoms with E-state index < -0.39 is 23.7 Å². The SMILES string of the molecule is CCCCCc1ccc(CN(C(=O)/C=C/c2ccc(C(F)(F)F)cc2)[C@@H](Cc2ccccc2)C(=O)N2CCN(Cc3cc(C)c(C)o3)CC2)cc1. The van der Waals surface area contributed by atoms with E-state index in [-0.39, 0.29) is 12.5 Å². The van der Waals surface area contributed by atoms with Crippen LogP contribution in [0.2, 0.25) is 0 Å². The molecule has 2 heterocycles. The second-order valence-corrected chi connectivity index (χ2v) is 13.5. The fourth-order valence-corrected chi connectivity index (χ4v) is 6.43. The summed E-state index contributed by atoms with van der Waals surface area (Å²) in [6, 6.07) is 23.8. The lowest BCUT2D eigenvalue weighted by atomic mass is 10.0. The third-order valence-corrected chi connectivity index (χ3v) is 9.60. The smallest absolute Gasteiger partial charge is 0.416 e. The largest absolute Gasteiger partial charge is 0.465 e. The maximum absolute atomic E-state index is 14.5. The molecule has 4 aromatic rings. The van der Waals surface area contributed by atoms with Crippen LogP contribution >= 0.6 is 0 Å². The number of rotatable bonds is 14. The second kappa shape index (κ2) is 17.5. The van der Waals surface area contributed by atoms with Crippen LogP contribution in [0.15, 0.2) is 95.4 Å². The van der Waals surface area contributed by atoms with E-state index >= 15 is 0 Å². The van der Waals surface area contributed by atoms with Crippen molar-refractivity contribution in [3.05, 3.63) is 136 Å². The predicted octanol–water partition coefficient (Wildman–Crippen LogP) is 8.65. The molecule has 0 spiro atoms. The molecule has 1 fully saturated rings. The van der Waals surface area contributed by atoms with Gasteiger partial charge in [-0.15, -0.1) is 0 Å². The highest BCUT2D eigenvalue weighted by molar-refractivity contribution is 5.95. The highest BCUT2D eigenvalue weighted by atomic mass is 19.4. The minimum atomic E-state index is -4.45. The van der Waals surface area contributed by atoms with Crippen LogP contribution in [0.5, 0.6) is 0 Å². The maximum atomic E-state index is 14.5. The van der Waals surface area contributed by atoms with Crippen molar-refractivity contribution in [2.75, 3.05) is 26.2 Å². The summed E-state index contributed by atoms with van der Waals surface area (Å²) in [5.74, 6) is 1.29. The number of alkyl halides is 3. The van der Waals surface area contributed by atoms with Crippen molar-refractivity contribution in [2.45, 2.75) is 78.2 Å². The Morgan fingerprint density at radius 1 is 0.863 bits per heavy atom. The number of carbonyl (C=O) groups is 2. The van der Waals surface area contributed by atoms with Crippen LogP contribution in [0.1, 0.15) is 71.1 Å². The second-order valence-electron chi connectivity index (χ2n) is 13.5. The first kappa shape index (κ1) is 37.6. The van der Waals surface area contributed by atoms with Crippen molar-refractivity contribution in [1.82, 2.24) is 14.7 Å². The van der Waals surface area contributed by atoms with Gasteiger partial charge in [-0.3, -0.25) is 14.5 Å². The monoisotopic (exact) mass is 699 g/mol. The number of unbranched alkanes of at least 4 members (excludes halogenated alkanes) is 2. The Labute approximate surface area is 299 Å². The Morgan fingerprint density at radius 2 is 1.53 bits per heavy atom. The quantitative estimate of drug-likeness (QED) is 0.0977. The molecular formula is C42H48F3N3O3. The summed E-state index contributed by atoms with van der Waals surface area (Å²) in [5.41, 5.74) is 3.86. The van der Waals surface area contributed by atoms with Gasteiger partial charge in [0.05, 0.1) is 12.1 Å². The van der Waals surface area contributed by atoms with Crippen molar-refractivity contribution in [3.8, 4) is 0 Å². The fourth-order valence-electron chi connectivity index (χ4n) is 6.43. The normalized spacial score (nSPS) is 14.6. The summed E-state index contributed by atoms with van der Waals surface area (Å²) < 4.78 is 45.4. The molecule has 0 N–H and O–H groups in total. The molecule has 1 aliphatic heterocycles. The Balaban J connectivity index is 1.40. The van der Waals surface area contributed by atoms with E-state index in [0.717, 1.165) is 66.0 Å². The summed E-state index contributed by atoms with van der Waals surface area (Å²) in [7, 11) is 0. The Kier molecular flexibility index (Phi) is 12.9. The van der Waals surface area contributed by atoms with Gasteiger partial charge in [0.1, 0.15) is 17.6 Å². The van der Waals surface area contributed by atoms with Gasteiger partial charge < -0.3 is 14.2 Å². The number of carbonyl (C=O) groups excluding carboxylic acids is 2. The number of hydrogen-bond acceptors (Lipinski definition) is 4. The third-order valence-electron chi connectivity index (χ3n) is 9.60. The van der Waals surface area contributed by atoms with Gasteiger partial charge >= 0.3 is 6.18 Å². The summed E-state index contributed by atoms with van der Waals surface area (Å²) in [4.78, 5) is 34.4. The third kappa shape index (κ3) is 10.7. The molecule has 51 heavy (non-hydrogen) atoms. The van der Waals surface area contributed by atoms with Crippen molar-refractivity contribution in [1.29, 1.82) is 0 Å². The lowest BCUT2D eigenvalue weighted by Crippen LogP contribution is -2.56. The number of aryl methyl sites for hydroxylation is 3. The zero-order chi connectivity index (χ0) is 36.4. The van der Waals surface area contributed by atoms with Crippen LogP contribution in [0, 0.1) is 13.8 Å². The zero-order valence-electron chi connectivity index (χ0n) is 29.8. The first-order chi connectivity index (χ1) is 24.5. The predicted molar refractivity (Wildman–Crippen MR) is 195 cm³/mol. The molecule has 1 saturated heterocycles. The summed E-state index contributed by atoms with van der Waals surface area (Å²) in [6.45, 7) is 9.39. The average molecular weight is 700 g/mol. The number of nitrogens with zero attached hydrogens (tertiary/aromatic N) is 3. The number of hydrogen-bond donors (Lipinski definition) is 0. The van der Waals surface area contributed by atoms with Gasteiger partial charge in [-0.25, -0.2) is 0 Å². The molecule has 1 aromatic heterocycles. The van der Waals surface area contributed by atoms with Crippen molar-refractivity contribution < 1.29 is 27.2 Å². The lowest BCUT2D eigenvalue weighted by Gasteiger charge is -2.39. The molecule has 0 saturated carbocycles. The first-order valence-electron chi connectivity index (χ1n) is 17.8. The highest BCUT2D eigenvalue weighted by Crippen LogP contribution is 2.29. The highest BCUT2D eigenvalue weighted by Gasteiger charge is 2.34. The molecule has 2 amide bonds. The van der Waals surface area contributed by atoms with Gasteiger partial charge in [0, 0.05) is 45.2 Å². The number of halogens is 3. The van der Waals surface area contributed by atoms with Crippen molar-refractivity contribution in [3.63, 3.8) is 0 Å². The molecule has 6 nitrogen and oxygen atoms in total.